The van der Waals surface area contributed by atoms with Gasteiger partial charge in [-0.05, 0) is 79.5 Å². The Balaban J connectivity index is 1.73. The first-order chi connectivity index (χ1) is 20.2. The van der Waals surface area contributed by atoms with E-state index in [0.29, 0.717) is 0 Å². The van der Waals surface area contributed by atoms with Crippen molar-refractivity contribution in [1.29, 1.82) is 0 Å². The molecule has 0 saturated carbocycles. The second kappa shape index (κ2) is 11.5. The highest BCUT2D eigenvalue weighted by Gasteiger charge is 2.24. The number of benzene rings is 5. The van der Waals surface area contributed by atoms with Crippen LogP contribution in [0.4, 0.5) is 11.4 Å². The van der Waals surface area contributed by atoms with Gasteiger partial charge in [0.05, 0.1) is 5.69 Å². The van der Waals surface area contributed by atoms with E-state index in [4.69, 9.17) is 0 Å². The van der Waals surface area contributed by atoms with Crippen LogP contribution in [0, 0.1) is 0 Å². The molecule has 0 heterocycles. The fraction of sp³-hybridized carbons (Fsp3) is 0.286. The van der Waals surface area contributed by atoms with Crippen molar-refractivity contribution in [2.75, 3.05) is 5.32 Å². The molecule has 1 heteroatoms. The van der Waals surface area contributed by atoms with Crippen molar-refractivity contribution >= 4 is 11.4 Å². The van der Waals surface area contributed by atoms with E-state index in [1.165, 1.54) is 50.1 Å². The number of nitrogens with one attached hydrogen (secondary N) is 1. The van der Waals surface area contributed by atoms with Crippen LogP contribution in [0.15, 0.2) is 115 Å². The zero-order valence-electron chi connectivity index (χ0n) is 27.5. The second-order valence-corrected chi connectivity index (χ2v) is 14.9. The molecule has 0 saturated heterocycles. The summed E-state index contributed by atoms with van der Waals surface area (Å²) >= 11 is 0. The van der Waals surface area contributed by atoms with Gasteiger partial charge in [0.2, 0.25) is 0 Å². The highest BCUT2D eigenvalue weighted by molar-refractivity contribution is 5.94. The Morgan fingerprint density at radius 1 is 0.395 bits per heavy atom. The summed E-state index contributed by atoms with van der Waals surface area (Å²) in [5, 5.41) is 4.01. The summed E-state index contributed by atoms with van der Waals surface area (Å²) in [7, 11) is 0. The van der Waals surface area contributed by atoms with Crippen LogP contribution >= 0.6 is 0 Å². The lowest BCUT2D eigenvalue weighted by molar-refractivity contribution is 0.590. The average Bonchev–Trinajstić information content (AvgIpc) is 2.97. The third-order valence-corrected chi connectivity index (χ3v) is 8.32. The van der Waals surface area contributed by atoms with Crippen LogP contribution < -0.4 is 5.32 Å². The summed E-state index contributed by atoms with van der Waals surface area (Å²) in [6.45, 7) is 20.6. The quantitative estimate of drug-likeness (QED) is 0.223. The number of hydrogen-bond acceptors (Lipinski definition) is 1. The fourth-order valence-corrected chi connectivity index (χ4v) is 5.65. The van der Waals surface area contributed by atoms with E-state index in [9.17, 15) is 0 Å². The van der Waals surface area contributed by atoms with Gasteiger partial charge in [-0.25, -0.2) is 0 Å². The third kappa shape index (κ3) is 6.78. The van der Waals surface area contributed by atoms with Gasteiger partial charge >= 0.3 is 0 Å². The summed E-state index contributed by atoms with van der Waals surface area (Å²) in [6.07, 6.45) is 0. The molecule has 0 fully saturated rings. The molecule has 0 spiro atoms. The molecule has 0 unspecified atom stereocenters. The predicted octanol–water partition coefficient (Wildman–Crippen LogP) is 12.3. The molecule has 0 aliphatic rings. The Morgan fingerprint density at radius 2 is 0.884 bits per heavy atom. The second-order valence-electron chi connectivity index (χ2n) is 14.9. The monoisotopic (exact) mass is 565 g/mol. The molecular weight excluding hydrogens is 518 g/mol. The number of anilines is 2. The van der Waals surface area contributed by atoms with Crippen molar-refractivity contribution in [3.63, 3.8) is 0 Å². The van der Waals surface area contributed by atoms with E-state index < -0.39 is 0 Å². The fourth-order valence-electron chi connectivity index (χ4n) is 5.65. The van der Waals surface area contributed by atoms with Crippen LogP contribution in [0.3, 0.4) is 0 Å². The van der Waals surface area contributed by atoms with Crippen LogP contribution in [0.1, 0.15) is 79.0 Å². The first-order valence-corrected chi connectivity index (χ1v) is 15.5. The van der Waals surface area contributed by atoms with Crippen molar-refractivity contribution < 1.29 is 0 Å². The first-order valence-electron chi connectivity index (χ1n) is 15.5. The summed E-state index contributed by atoms with van der Waals surface area (Å²) in [4.78, 5) is 0. The maximum absolute atomic E-state index is 4.01. The molecule has 0 radical (unpaired) electrons. The van der Waals surface area contributed by atoms with Crippen molar-refractivity contribution in [2.45, 2.75) is 78.6 Å². The standard InChI is InChI=1S/C42H47N/c1-40(2,3)33-22-16-21-31(25-33)32-23-24-38(37(26-32)42(7,8)9)43-39-35(29-17-12-10-13-18-29)27-34(41(4,5)6)28-36(39)30-19-14-11-15-20-30/h10-28,43H,1-9H3. The van der Waals surface area contributed by atoms with Gasteiger partial charge in [-0.3, -0.25) is 0 Å². The Labute approximate surface area is 260 Å². The van der Waals surface area contributed by atoms with Crippen molar-refractivity contribution in [3.05, 3.63) is 132 Å². The molecule has 0 aliphatic heterocycles. The minimum atomic E-state index is -0.0643. The van der Waals surface area contributed by atoms with Crippen molar-refractivity contribution in [1.82, 2.24) is 0 Å². The smallest absolute Gasteiger partial charge is 0.0543 e. The SMILES string of the molecule is CC(C)(C)c1cccc(-c2ccc(Nc3c(-c4ccccc4)cc(C(C)(C)C)cc3-c3ccccc3)c(C(C)(C)C)c2)c1. The van der Waals surface area contributed by atoms with E-state index in [-0.39, 0.29) is 16.2 Å². The molecule has 0 aromatic heterocycles. The molecule has 220 valence electrons. The maximum Gasteiger partial charge on any atom is 0.0543 e. The lowest BCUT2D eigenvalue weighted by atomic mass is 9.81. The topological polar surface area (TPSA) is 12.0 Å². The summed E-state index contributed by atoms with van der Waals surface area (Å²) in [5.74, 6) is 0. The van der Waals surface area contributed by atoms with E-state index in [2.05, 4.69) is 183 Å². The summed E-state index contributed by atoms with van der Waals surface area (Å²) in [5.41, 5.74) is 13.6. The van der Waals surface area contributed by atoms with Crippen molar-refractivity contribution in [2.24, 2.45) is 0 Å². The predicted molar refractivity (Wildman–Crippen MR) is 189 cm³/mol. The summed E-state index contributed by atoms with van der Waals surface area (Å²) in [6, 6.07) is 42.3. The normalized spacial score (nSPS) is 12.3. The Bertz CT molecular complexity index is 1650. The molecule has 0 atom stereocenters. The van der Waals surface area contributed by atoms with E-state index in [0.717, 1.165) is 11.4 Å². The lowest BCUT2D eigenvalue weighted by Gasteiger charge is -2.28. The van der Waals surface area contributed by atoms with Gasteiger partial charge in [-0.1, -0.05) is 153 Å². The molecular formula is C42H47N. The minimum Gasteiger partial charge on any atom is -0.354 e. The molecule has 0 bridgehead atoms. The third-order valence-electron chi connectivity index (χ3n) is 8.32. The molecule has 1 N–H and O–H groups in total. The first kappa shape index (κ1) is 30.4. The van der Waals surface area contributed by atoms with Gasteiger partial charge in [-0.2, -0.15) is 0 Å². The molecule has 43 heavy (non-hydrogen) atoms. The average molecular weight is 566 g/mol. The Hall–Kier alpha value is -4.10. The molecule has 5 aromatic carbocycles. The van der Waals surface area contributed by atoms with Crippen LogP contribution in [0.2, 0.25) is 0 Å². The largest absolute Gasteiger partial charge is 0.354 e. The van der Waals surface area contributed by atoms with Crippen LogP contribution in [0.25, 0.3) is 33.4 Å². The van der Waals surface area contributed by atoms with Crippen LogP contribution in [-0.2, 0) is 16.2 Å². The van der Waals surface area contributed by atoms with Crippen LogP contribution in [-0.4, -0.2) is 0 Å². The molecule has 5 rings (SSSR count). The van der Waals surface area contributed by atoms with Gasteiger partial charge in [-0.15, -0.1) is 0 Å². The molecule has 0 amide bonds. The molecule has 1 nitrogen and oxygen atoms in total. The van der Waals surface area contributed by atoms with E-state index in [1.807, 2.05) is 0 Å². The minimum absolute atomic E-state index is 0.00536. The van der Waals surface area contributed by atoms with E-state index in [1.54, 1.807) is 0 Å². The van der Waals surface area contributed by atoms with Gasteiger partial charge in [0.1, 0.15) is 0 Å². The lowest BCUT2D eigenvalue weighted by Crippen LogP contribution is -2.15. The van der Waals surface area contributed by atoms with Gasteiger partial charge in [0, 0.05) is 16.8 Å². The Kier molecular flexibility index (Phi) is 8.14. The number of hydrogen-bond donors (Lipinski definition) is 1. The zero-order chi connectivity index (χ0) is 31.0. The van der Waals surface area contributed by atoms with Gasteiger partial charge < -0.3 is 5.32 Å². The highest BCUT2D eigenvalue weighted by atomic mass is 14.9. The molecule has 5 aromatic rings. The summed E-state index contributed by atoms with van der Waals surface area (Å²) < 4.78 is 0. The van der Waals surface area contributed by atoms with Crippen LogP contribution in [0.5, 0.6) is 0 Å². The number of rotatable bonds is 5. The van der Waals surface area contributed by atoms with Gasteiger partial charge in [0.25, 0.3) is 0 Å². The zero-order valence-corrected chi connectivity index (χ0v) is 27.5. The van der Waals surface area contributed by atoms with E-state index >= 15 is 0 Å². The maximum atomic E-state index is 4.01. The van der Waals surface area contributed by atoms with Crippen molar-refractivity contribution in [3.8, 4) is 33.4 Å². The molecule has 0 aliphatic carbocycles. The van der Waals surface area contributed by atoms with Gasteiger partial charge in [0.15, 0.2) is 0 Å². The highest BCUT2D eigenvalue weighted by Crippen LogP contribution is 2.44. The Morgan fingerprint density at radius 3 is 1.37 bits per heavy atom.